The summed E-state index contributed by atoms with van der Waals surface area (Å²) in [7, 11) is 0. The maximum absolute atomic E-state index is 12.8. The summed E-state index contributed by atoms with van der Waals surface area (Å²) < 4.78 is 18.0. The fourth-order valence-electron chi connectivity index (χ4n) is 1.99. The van der Waals surface area contributed by atoms with Gasteiger partial charge in [-0.25, -0.2) is 4.39 Å². The molecule has 0 bridgehead atoms. The number of halogens is 2. The van der Waals surface area contributed by atoms with Crippen LogP contribution in [0.15, 0.2) is 28.8 Å². The Bertz CT molecular complexity index is 508. The van der Waals surface area contributed by atoms with Gasteiger partial charge in [0.05, 0.1) is 6.04 Å². The van der Waals surface area contributed by atoms with Gasteiger partial charge in [-0.2, -0.15) is 4.98 Å². The molecule has 1 aliphatic rings. The van der Waals surface area contributed by atoms with Crippen LogP contribution in [-0.2, 0) is 0 Å². The van der Waals surface area contributed by atoms with Crippen molar-refractivity contribution in [2.24, 2.45) is 0 Å². The lowest BCUT2D eigenvalue weighted by molar-refractivity contribution is 0.345. The summed E-state index contributed by atoms with van der Waals surface area (Å²) in [6.07, 6.45) is 2.14. The molecule has 96 valence electrons. The van der Waals surface area contributed by atoms with Gasteiger partial charge in [0.1, 0.15) is 5.82 Å². The Morgan fingerprint density at radius 3 is 2.72 bits per heavy atom. The highest BCUT2D eigenvalue weighted by Gasteiger charge is 2.22. The Balaban J connectivity index is 0.00000120. The monoisotopic (exact) mass is 269 g/mol. The van der Waals surface area contributed by atoms with E-state index in [-0.39, 0.29) is 24.3 Å². The van der Waals surface area contributed by atoms with Gasteiger partial charge in [0.2, 0.25) is 11.7 Å². The first kappa shape index (κ1) is 13.0. The number of aromatic nitrogens is 2. The quantitative estimate of drug-likeness (QED) is 0.911. The maximum Gasteiger partial charge on any atom is 0.244 e. The molecule has 0 aliphatic carbocycles. The molecule has 4 nitrogen and oxygen atoms in total. The molecule has 2 heterocycles. The van der Waals surface area contributed by atoms with Gasteiger partial charge in [-0.05, 0) is 43.7 Å². The molecule has 1 aromatic heterocycles. The predicted molar refractivity (Wildman–Crippen MR) is 66.9 cm³/mol. The van der Waals surface area contributed by atoms with Crippen molar-refractivity contribution in [2.45, 2.75) is 18.9 Å². The van der Waals surface area contributed by atoms with E-state index in [2.05, 4.69) is 15.5 Å². The Morgan fingerprint density at radius 2 is 2.06 bits per heavy atom. The maximum atomic E-state index is 12.8. The minimum absolute atomic E-state index is 0. The Kier molecular flexibility index (Phi) is 3.93. The minimum Gasteiger partial charge on any atom is -0.337 e. The molecular formula is C12H13ClFN3O. The van der Waals surface area contributed by atoms with Gasteiger partial charge in [-0.3, -0.25) is 0 Å². The number of rotatable bonds is 2. The first-order chi connectivity index (χ1) is 8.33. The normalized spacial score (nSPS) is 18.6. The van der Waals surface area contributed by atoms with Gasteiger partial charge < -0.3 is 9.84 Å². The molecule has 1 aromatic carbocycles. The van der Waals surface area contributed by atoms with Crippen LogP contribution < -0.4 is 5.32 Å². The second-order valence-corrected chi connectivity index (χ2v) is 4.11. The smallest absolute Gasteiger partial charge is 0.244 e. The van der Waals surface area contributed by atoms with Crippen molar-refractivity contribution in [2.75, 3.05) is 6.54 Å². The number of nitrogens with zero attached hydrogens (tertiary/aromatic N) is 2. The highest BCUT2D eigenvalue weighted by Crippen LogP contribution is 2.24. The van der Waals surface area contributed by atoms with Crippen LogP contribution in [0.4, 0.5) is 4.39 Å². The summed E-state index contributed by atoms with van der Waals surface area (Å²) in [5.74, 6) is 0.852. The van der Waals surface area contributed by atoms with Crippen LogP contribution in [0.1, 0.15) is 24.8 Å². The van der Waals surface area contributed by atoms with Gasteiger partial charge in [0, 0.05) is 5.56 Å². The van der Waals surface area contributed by atoms with Crippen LogP contribution in [0, 0.1) is 5.82 Å². The summed E-state index contributed by atoms with van der Waals surface area (Å²) in [4.78, 5) is 4.33. The molecule has 0 radical (unpaired) electrons. The third kappa shape index (κ3) is 2.52. The molecule has 1 N–H and O–H groups in total. The summed E-state index contributed by atoms with van der Waals surface area (Å²) in [5.41, 5.74) is 0.763. The topological polar surface area (TPSA) is 51.0 Å². The Morgan fingerprint density at radius 1 is 1.28 bits per heavy atom. The zero-order valence-corrected chi connectivity index (χ0v) is 10.4. The molecular weight excluding hydrogens is 257 g/mol. The predicted octanol–water partition coefficient (Wildman–Crippen LogP) is 2.72. The van der Waals surface area contributed by atoms with Crippen molar-refractivity contribution in [3.8, 4) is 11.4 Å². The van der Waals surface area contributed by atoms with Crippen molar-refractivity contribution < 1.29 is 8.91 Å². The fourth-order valence-corrected chi connectivity index (χ4v) is 1.99. The van der Waals surface area contributed by atoms with Crippen molar-refractivity contribution in [1.29, 1.82) is 0 Å². The first-order valence-corrected chi connectivity index (χ1v) is 5.66. The largest absolute Gasteiger partial charge is 0.337 e. The SMILES string of the molecule is Cl.Fc1ccc(-c2noc(C3CCCN3)n2)cc1. The standard InChI is InChI=1S/C12H12FN3O.ClH/c13-9-5-3-8(4-6-9)11-15-12(17-16-11)10-2-1-7-14-10;/h3-6,10,14H,1-2,7H2;1H. The molecule has 6 heteroatoms. The van der Waals surface area contributed by atoms with Crippen LogP contribution in [0.25, 0.3) is 11.4 Å². The van der Waals surface area contributed by atoms with Crippen molar-refractivity contribution in [1.82, 2.24) is 15.5 Å². The van der Waals surface area contributed by atoms with E-state index >= 15 is 0 Å². The molecule has 0 spiro atoms. The zero-order valence-electron chi connectivity index (χ0n) is 9.60. The molecule has 2 aromatic rings. The van der Waals surface area contributed by atoms with E-state index in [4.69, 9.17) is 4.52 Å². The van der Waals surface area contributed by atoms with E-state index in [0.29, 0.717) is 11.7 Å². The van der Waals surface area contributed by atoms with Gasteiger partial charge in [-0.15, -0.1) is 12.4 Å². The third-order valence-corrected chi connectivity index (χ3v) is 2.90. The van der Waals surface area contributed by atoms with Crippen LogP contribution in [0.2, 0.25) is 0 Å². The van der Waals surface area contributed by atoms with Crippen molar-refractivity contribution in [3.63, 3.8) is 0 Å². The van der Waals surface area contributed by atoms with Gasteiger partial charge in [-0.1, -0.05) is 5.16 Å². The van der Waals surface area contributed by atoms with Gasteiger partial charge >= 0.3 is 0 Å². The zero-order chi connectivity index (χ0) is 11.7. The average Bonchev–Trinajstić information content (AvgIpc) is 3.00. The van der Waals surface area contributed by atoms with Crippen LogP contribution >= 0.6 is 12.4 Å². The summed E-state index contributed by atoms with van der Waals surface area (Å²) in [6.45, 7) is 0.985. The molecule has 1 atom stereocenters. The molecule has 3 rings (SSSR count). The Hall–Kier alpha value is -1.46. The second kappa shape index (κ2) is 5.46. The molecule has 1 aliphatic heterocycles. The van der Waals surface area contributed by atoms with Crippen molar-refractivity contribution >= 4 is 12.4 Å². The van der Waals surface area contributed by atoms with E-state index in [1.165, 1.54) is 12.1 Å². The fraction of sp³-hybridized carbons (Fsp3) is 0.333. The first-order valence-electron chi connectivity index (χ1n) is 5.66. The lowest BCUT2D eigenvalue weighted by Crippen LogP contribution is -2.12. The van der Waals surface area contributed by atoms with Crippen LogP contribution in [-0.4, -0.2) is 16.7 Å². The molecule has 0 saturated carbocycles. The average molecular weight is 270 g/mol. The van der Waals surface area contributed by atoms with Gasteiger partial charge in [0.25, 0.3) is 0 Å². The highest BCUT2D eigenvalue weighted by atomic mass is 35.5. The van der Waals surface area contributed by atoms with E-state index in [0.717, 1.165) is 24.9 Å². The minimum atomic E-state index is -0.269. The highest BCUT2D eigenvalue weighted by molar-refractivity contribution is 5.85. The van der Waals surface area contributed by atoms with E-state index < -0.39 is 0 Å². The van der Waals surface area contributed by atoms with E-state index in [9.17, 15) is 4.39 Å². The Labute approximate surface area is 110 Å². The molecule has 1 saturated heterocycles. The third-order valence-electron chi connectivity index (χ3n) is 2.90. The van der Waals surface area contributed by atoms with Gasteiger partial charge in [0.15, 0.2) is 0 Å². The van der Waals surface area contributed by atoms with E-state index in [1.54, 1.807) is 12.1 Å². The summed E-state index contributed by atoms with van der Waals surface area (Å²) >= 11 is 0. The number of hydrogen-bond donors (Lipinski definition) is 1. The second-order valence-electron chi connectivity index (χ2n) is 4.11. The number of nitrogens with one attached hydrogen (secondary N) is 1. The molecule has 1 unspecified atom stereocenters. The lowest BCUT2D eigenvalue weighted by Gasteiger charge is -2.01. The van der Waals surface area contributed by atoms with Crippen LogP contribution in [0.5, 0.6) is 0 Å². The summed E-state index contributed by atoms with van der Waals surface area (Å²) in [5, 5.41) is 7.20. The number of hydrogen-bond acceptors (Lipinski definition) is 4. The number of benzene rings is 1. The molecule has 18 heavy (non-hydrogen) atoms. The van der Waals surface area contributed by atoms with E-state index in [1.807, 2.05) is 0 Å². The van der Waals surface area contributed by atoms with Crippen LogP contribution in [0.3, 0.4) is 0 Å². The summed E-state index contributed by atoms with van der Waals surface area (Å²) in [6, 6.07) is 6.23. The lowest BCUT2D eigenvalue weighted by atomic mass is 10.2. The molecule has 1 fully saturated rings. The molecule has 0 amide bonds. The van der Waals surface area contributed by atoms with Crippen molar-refractivity contribution in [3.05, 3.63) is 36.0 Å².